The van der Waals surface area contributed by atoms with Crippen LogP contribution in [0.4, 0.5) is 0 Å². The summed E-state index contributed by atoms with van der Waals surface area (Å²) in [6.07, 6.45) is 2.63. The number of hydrogen-bond acceptors (Lipinski definition) is 2. The van der Waals surface area contributed by atoms with Crippen molar-refractivity contribution in [3.8, 4) is 0 Å². The van der Waals surface area contributed by atoms with Crippen molar-refractivity contribution in [1.82, 2.24) is 0 Å². The summed E-state index contributed by atoms with van der Waals surface area (Å²) in [5, 5.41) is 0. The van der Waals surface area contributed by atoms with Crippen molar-refractivity contribution in [1.29, 1.82) is 0 Å². The summed E-state index contributed by atoms with van der Waals surface area (Å²) < 4.78 is 22.1. The molecule has 14 heavy (non-hydrogen) atoms. The van der Waals surface area contributed by atoms with Gasteiger partial charge in [-0.2, -0.15) is 8.42 Å². The molecule has 2 nitrogen and oxygen atoms in total. The third kappa shape index (κ3) is 1.48. The Kier molecular flexibility index (Phi) is 2.42. The van der Waals surface area contributed by atoms with Crippen LogP contribution in [0.25, 0.3) is 0 Å². The van der Waals surface area contributed by atoms with E-state index in [4.69, 9.17) is 0 Å². The fraction of sp³-hybridized carbons (Fsp3) is 0.364. The van der Waals surface area contributed by atoms with E-state index in [1.54, 1.807) is 0 Å². The zero-order valence-electron chi connectivity index (χ0n) is 8.08. The lowest BCUT2D eigenvalue weighted by molar-refractivity contribution is 0.626. The molecule has 1 aromatic rings. The van der Waals surface area contributed by atoms with Crippen LogP contribution in [0.3, 0.4) is 0 Å². The fourth-order valence-electron chi connectivity index (χ4n) is 2.07. The highest BCUT2D eigenvalue weighted by Crippen LogP contribution is 2.23. The Labute approximate surface area is 85.1 Å². The first-order chi connectivity index (χ1) is 6.70. The molecule has 0 heterocycles. The molecule has 0 amide bonds. The Morgan fingerprint density at radius 2 is 2.00 bits per heavy atom. The third-order valence-electron chi connectivity index (χ3n) is 2.69. The van der Waals surface area contributed by atoms with E-state index >= 15 is 0 Å². The lowest BCUT2D eigenvalue weighted by Gasteiger charge is -2.17. The van der Waals surface area contributed by atoms with Crippen LogP contribution in [-0.4, -0.2) is 13.3 Å². The standard InChI is InChI=1S/C11H12O2S/c1-8-4-2-5-9-6-3-7-10(11(8)9)14(12)13/h2,4-5H,3,6-7H2,1H3. The largest absolute Gasteiger partial charge is 0.217 e. The average molecular weight is 208 g/mol. The molecule has 0 aliphatic heterocycles. The summed E-state index contributed by atoms with van der Waals surface area (Å²) in [4.78, 5) is 0.587. The minimum atomic E-state index is -2.06. The fourth-order valence-corrected chi connectivity index (χ4v) is 2.84. The molecule has 0 N–H and O–H groups in total. The van der Waals surface area contributed by atoms with Crippen LogP contribution in [0.2, 0.25) is 0 Å². The number of aryl methyl sites for hydroxylation is 2. The summed E-state index contributed by atoms with van der Waals surface area (Å²) in [6, 6.07) is 5.98. The van der Waals surface area contributed by atoms with Gasteiger partial charge < -0.3 is 0 Å². The minimum absolute atomic E-state index is 0.587. The number of rotatable bonds is 0. The van der Waals surface area contributed by atoms with Crippen LogP contribution >= 0.6 is 0 Å². The first-order valence-electron chi connectivity index (χ1n) is 4.74. The summed E-state index contributed by atoms with van der Waals surface area (Å²) in [7, 11) is -2.06. The number of hydrogen-bond donors (Lipinski definition) is 0. The second-order valence-corrected chi connectivity index (χ2v) is 4.58. The maximum absolute atomic E-state index is 11.0. The molecule has 1 aromatic carbocycles. The Morgan fingerprint density at radius 1 is 1.21 bits per heavy atom. The highest BCUT2D eigenvalue weighted by atomic mass is 32.2. The topological polar surface area (TPSA) is 34.1 Å². The van der Waals surface area contributed by atoms with E-state index in [0.29, 0.717) is 11.3 Å². The summed E-state index contributed by atoms with van der Waals surface area (Å²) in [5.74, 6) is 0. The monoisotopic (exact) mass is 208 g/mol. The van der Waals surface area contributed by atoms with Gasteiger partial charge in [0.25, 0.3) is 0 Å². The van der Waals surface area contributed by atoms with Crippen LogP contribution in [0.1, 0.15) is 29.5 Å². The predicted octanol–water partition coefficient (Wildman–Crippen LogP) is 1.73. The van der Waals surface area contributed by atoms with E-state index in [9.17, 15) is 8.42 Å². The molecule has 0 saturated heterocycles. The van der Waals surface area contributed by atoms with E-state index in [-0.39, 0.29) is 0 Å². The Morgan fingerprint density at radius 3 is 2.71 bits per heavy atom. The molecule has 2 rings (SSSR count). The van der Waals surface area contributed by atoms with Crippen molar-refractivity contribution in [2.75, 3.05) is 0 Å². The molecule has 0 radical (unpaired) electrons. The second kappa shape index (κ2) is 3.58. The van der Waals surface area contributed by atoms with Gasteiger partial charge in [0.1, 0.15) is 0 Å². The SMILES string of the molecule is Cc1cccc2c1C(=S(=O)=O)CCC2. The van der Waals surface area contributed by atoms with Crippen LogP contribution in [0.15, 0.2) is 18.2 Å². The molecule has 1 aliphatic carbocycles. The Bertz CT molecular complexity index is 490. The molecular weight excluding hydrogens is 196 g/mol. The molecule has 3 heteroatoms. The zero-order chi connectivity index (χ0) is 10.1. The van der Waals surface area contributed by atoms with Crippen molar-refractivity contribution >= 4 is 15.2 Å². The van der Waals surface area contributed by atoms with Crippen molar-refractivity contribution in [3.63, 3.8) is 0 Å². The quantitative estimate of drug-likeness (QED) is 0.608. The van der Waals surface area contributed by atoms with Gasteiger partial charge in [-0.3, -0.25) is 0 Å². The van der Waals surface area contributed by atoms with Gasteiger partial charge in [0, 0.05) is 0 Å². The van der Waals surface area contributed by atoms with Gasteiger partial charge >= 0.3 is 0 Å². The van der Waals surface area contributed by atoms with Gasteiger partial charge in [-0.1, -0.05) is 18.2 Å². The van der Waals surface area contributed by atoms with E-state index in [2.05, 4.69) is 0 Å². The minimum Gasteiger partial charge on any atom is -0.184 e. The van der Waals surface area contributed by atoms with Crippen molar-refractivity contribution in [2.45, 2.75) is 26.2 Å². The van der Waals surface area contributed by atoms with Crippen molar-refractivity contribution < 1.29 is 8.42 Å². The van der Waals surface area contributed by atoms with Gasteiger partial charge in [-0.25, -0.2) is 0 Å². The lowest BCUT2D eigenvalue weighted by Crippen LogP contribution is -2.14. The van der Waals surface area contributed by atoms with Crippen LogP contribution in [-0.2, 0) is 16.7 Å². The smallest absolute Gasteiger partial charge is 0.184 e. The number of benzene rings is 1. The molecular formula is C11H12O2S. The van der Waals surface area contributed by atoms with Crippen molar-refractivity contribution in [3.05, 3.63) is 34.9 Å². The molecule has 0 saturated carbocycles. The first-order valence-corrected chi connectivity index (χ1v) is 5.81. The highest BCUT2D eigenvalue weighted by molar-refractivity contribution is 7.73. The van der Waals surface area contributed by atoms with Crippen molar-refractivity contribution in [2.24, 2.45) is 0 Å². The van der Waals surface area contributed by atoms with E-state index in [1.807, 2.05) is 25.1 Å². The summed E-state index contributed by atoms with van der Waals surface area (Å²) in [6.45, 7) is 1.97. The third-order valence-corrected chi connectivity index (χ3v) is 3.50. The van der Waals surface area contributed by atoms with Gasteiger partial charge in [-0.15, -0.1) is 0 Å². The van der Waals surface area contributed by atoms with Gasteiger partial charge in [-0.05, 0) is 42.9 Å². The summed E-state index contributed by atoms with van der Waals surface area (Å²) in [5.41, 5.74) is 3.21. The van der Waals surface area contributed by atoms with Crippen LogP contribution < -0.4 is 0 Å². The molecule has 0 unspecified atom stereocenters. The lowest BCUT2D eigenvalue weighted by atomic mass is 9.89. The van der Waals surface area contributed by atoms with Gasteiger partial charge in [0.2, 0.25) is 10.3 Å². The van der Waals surface area contributed by atoms with E-state index < -0.39 is 10.3 Å². The van der Waals surface area contributed by atoms with Crippen LogP contribution in [0.5, 0.6) is 0 Å². The molecule has 0 fully saturated rings. The summed E-state index contributed by atoms with van der Waals surface area (Å²) >= 11 is 0. The molecule has 74 valence electrons. The van der Waals surface area contributed by atoms with Crippen LogP contribution in [0, 0.1) is 6.92 Å². The second-order valence-electron chi connectivity index (χ2n) is 3.62. The normalized spacial score (nSPS) is 15.1. The van der Waals surface area contributed by atoms with Gasteiger partial charge in [0.15, 0.2) is 0 Å². The van der Waals surface area contributed by atoms with E-state index in [1.165, 1.54) is 5.56 Å². The predicted molar refractivity (Wildman–Crippen MR) is 57.1 cm³/mol. The zero-order valence-corrected chi connectivity index (χ0v) is 8.89. The molecule has 0 spiro atoms. The average Bonchev–Trinajstić information content (AvgIpc) is 2.17. The molecule has 0 atom stereocenters. The Balaban J connectivity index is 2.77. The molecule has 1 aliphatic rings. The Hall–Kier alpha value is -1.09. The number of fused-ring (bicyclic) bond motifs is 1. The first kappa shape index (κ1) is 9.46. The molecule has 0 aromatic heterocycles. The maximum Gasteiger partial charge on any atom is 0.217 e. The van der Waals surface area contributed by atoms with Gasteiger partial charge in [0.05, 0.1) is 4.86 Å². The molecule has 0 bridgehead atoms. The maximum atomic E-state index is 11.0. The van der Waals surface area contributed by atoms with E-state index in [0.717, 1.165) is 24.0 Å². The highest BCUT2D eigenvalue weighted by Gasteiger charge is 2.17.